The second kappa shape index (κ2) is 9.28. The fourth-order valence-electron chi connectivity index (χ4n) is 3.09. The van der Waals surface area contributed by atoms with Crippen molar-refractivity contribution < 1.29 is 13.6 Å². The summed E-state index contributed by atoms with van der Waals surface area (Å²) in [5.74, 6) is 1.71. The van der Waals surface area contributed by atoms with E-state index in [0.29, 0.717) is 34.1 Å². The van der Waals surface area contributed by atoms with E-state index in [0.717, 1.165) is 11.3 Å². The van der Waals surface area contributed by atoms with Crippen LogP contribution in [0.3, 0.4) is 0 Å². The monoisotopic (exact) mass is 462 g/mol. The van der Waals surface area contributed by atoms with Crippen molar-refractivity contribution in [3.05, 3.63) is 64.9 Å². The van der Waals surface area contributed by atoms with Crippen LogP contribution in [0.4, 0.5) is 0 Å². The summed E-state index contributed by atoms with van der Waals surface area (Å²) in [6.07, 6.45) is 4.11. The number of thioether (sulfide) groups is 2. The summed E-state index contributed by atoms with van der Waals surface area (Å²) in [7, 11) is 0. The fourth-order valence-corrected chi connectivity index (χ4v) is 4.32. The Kier molecular flexibility index (Phi) is 6.50. The highest BCUT2D eigenvalue weighted by Crippen LogP contribution is 2.35. The molecule has 3 aromatic rings. The SMILES string of the molecule is CSCc1nnc(SC(C)C(=O)N2N=C(c3ccc(Cl)cc3)CC2c2ccco2)o1. The lowest BCUT2D eigenvalue weighted by atomic mass is 10.0. The van der Waals surface area contributed by atoms with E-state index in [-0.39, 0.29) is 11.9 Å². The minimum absolute atomic E-state index is 0.157. The highest BCUT2D eigenvalue weighted by Gasteiger charge is 2.37. The smallest absolute Gasteiger partial charge is 0.277 e. The third kappa shape index (κ3) is 4.58. The zero-order chi connectivity index (χ0) is 21.1. The van der Waals surface area contributed by atoms with Crippen LogP contribution >= 0.6 is 35.1 Å². The maximum Gasteiger partial charge on any atom is 0.277 e. The van der Waals surface area contributed by atoms with E-state index in [2.05, 4.69) is 15.3 Å². The molecule has 30 heavy (non-hydrogen) atoms. The highest BCUT2D eigenvalue weighted by atomic mass is 35.5. The van der Waals surface area contributed by atoms with Crippen molar-refractivity contribution >= 4 is 46.7 Å². The van der Waals surface area contributed by atoms with Crippen LogP contribution in [0.25, 0.3) is 0 Å². The molecule has 0 N–H and O–H groups in total. The molecule has 10 heteroatoms. The van der Waals surface area contributed by atoms with Crippen molar-refractivity contribution in [1.82, 2.24) is 15.2 Å². The Hall–Kier alpha value is -2.23. The zero-order valence-corrected chi connectivity index (χ0v) is 18.7. The second-order valence-electron chi connectivity index (χ2n) is 6.63. The molecular formula is C20H19ClN4O3S2. The molecule has 7 nitrogen and oxygen atoms in total. The average molecular weight is 463 g/mol. The number of carbonyl (C=O) groups is 1. The number of hydrazone groups is 1. The minimum atomic E-state index is -0.460. The molecule has 1 aromatic carbocycles. The minimum Gasteiger partial charge on any atom is -0.467 e. The summed E-state index contributed by atoms with van der Waals surface area (Å²) in [5.41, 5.74) is 1.73. The van der Waals surface area contributed by atoms with Gasteiger partial charge in [-0.1, -0.05) is 35.5 Å². The Morgan fingerprint density at radius 2 is 2.10 bits per heavy atom. The predicted molar refractivity (Wildman–Crippen MR) is 118 cm³/mol. The molecule has 2 aromatic heterocycles. The summed E-state index contributed by atoms with van der Waals surface area (Å²) in [6, 6.07) is 10.8. The number of carbonyl (C=O) groups excluding carboxylic acids is 1. The molecule has 0 bridgehead atoms. The lowest BCUT2D eigenvalue weighted by Gasteiger charge is -2.22. The standard InChI is InChI=1S/C20H19ClN4O3S2/c1-12(30-20-23-22-18(28-20)11-29-2)19(26)25-16(17-4-3-9-27-17)10-15(24-25)13-5-7-14(21)8-6-13/h3-9,12,16H,10-11H2,1-2H3. The third-order valence-corrected chi connectivity index (χ3v) is 6.24. The number of halogens is 1. The number of hydrogen-bond donors (Lipinski definition) is 0. The zero-order valence-electron chi connectivity index (χ0n) is 16.3. The van der Waals surface area contributed by atoms with Gasteiger partial charge in [0.05, 0.1) is 23.0 Å². The van der Waals surface area contributed by atoms with Gasteiger partial charge in [0.15, 0.2) is 0 Å². The van der Waals surface area contributed by atoms with E-state index in [9.17, 15) is 4.79 Å². The van der Waals surface area contributed by atoms with Gasteiger partial charge in [-0.05, 0) is 43.0 Å². The lowest BCUT2D eigenvalue weighted by molar-refractivity contribution is -0.132. The van der Waals surface area contributed by atoms with Gasteiger partial charge in [-0.25, -0.2) is 5.01 Å². The molecule has 1 amide bonds. The van der Waals surface area contributed by atoms with Crippen molar-refractivity contribution in [3.8, 4) is 0 Å². The molecule has 0 fully saturated rings. The van der Waals surface area contributed by atoms with Gasteiger partial charge in [-0.2, -0.15) is 16.9 Å². The Balaban J connectivity index is 1.55. The van der Waals surface area contributed by atoms with E-state index < -0.39 is 5.25 Å². The van der Waals surface area contributed by atoms with Crippen molar-refractivity contribution in [2.24, 2.45) is 5.10 Å². The molecule has 0 aliphatic carbocycles. The van der Waals surface area contributed by atoms with E-state index in [1.165, 1.54) is 16.8 Å². The van der Waals surface area contributed by atoms with Crippen molar-refractivity contribution in [2.45, 2.75) is 35.6 Å². The summed E-state index contributed by atoms with van der Waals surface area (Å²) in [5, 5.41) is 14.7. The van der Waals surface area contributed by atoms with Crippen LogP contribution in [-0.2, 0) is 10.5 Å². The molecule has 2 unspecified atom stereocenters. The molecule has 2 atom stereocenters. The maximum absolute atomic E-state index is 13.3. The summed E-state index contributed by atoms with van der Waals surface area (Å²) in [4.78, 5) is 13.3. The molecule has 0 spiro atoms. The first kappa shape index (κ1) is 21.0. The molecule has 0 saturated carbocycles. The number of nitrogens with zero attached hydrogens (tertiary/aromatic N) is 4. The Bertz CT molecular complexity index is 1040. The van der Waals surface area contributed by atoms with Crippen LogP contribution in [0, 0.1) is 0 Å². The molecule has 1 aliphatic rings. The van der Waals surface area contributed by atoms with Gasteiger partial charge in [0.25, 0.3) is 11.1 Å². The van der Waals surface area contributed by atoms with Gasteiger partial charge >= 0.3 is 0 Å². The Morgan fingerprint density at radius 3 is 2.80 bits per heavy atom. The van der Waals surface area contributed by atoms with Crippen LogP contribution in [0.5, 0.6) is 0 Å². The van der Waals surface area contributed by atoms with Crippen molar-refractivity contribution in [2.75, 3.05) is 6.26 Å². The maximum atomic E-state index is 13.3. The number of aromatic nitrogens is 2. The first-order valence-corrected chi connectivity index (χ1v) is 11.9. The lowest BCUT2D eigenvalue weighted by Crippen LogP contribution is -2.33. The topological polar surface area (TPSA) is 84.7 Å². The van der Waals surface area contributed by atoms with Gasteiger partial charge in [-0.15, -0.1) is 10.2 Å². The average Bonchev–Trinajstić information content (AvgIpc) is 3.49. The van der Waals surface area contributed by atoms with E-state index in [1.54, 1.807) is 24.9 Å². The van der Waals surface area contributed by atoms with Crippen molar-refractivity contribution in [1.29, 1.82) is 0 Å². The van der Waals surface area contributed by atoms with Crippen molar-refractivity contribution in [3.63, 3.8) is 0 Å². The van der Waals surface area contributed by atoms with Crippen LogP contribution in [0.2, 0.25) is 5.02 Å². The van der Waals surface area contributed by atoms with Crippen LogP contribution in [-0.4, -0.2) is 38.3 Å². The number of hydrogen-bond acceptors (Lipinski definition) is 8. The first-order valence-electron chi connectivity index (χ1n) is 9.23. The van der Waals surface area contributed by atoms with Gasteiger partial charge in [-0.3, -0.25) is 4.79 Å². The summed E-state index contributed by atoms with van der Waals surface area (Å²) in [6.45, 7) is 1.81. The number of amides is 1. The van der Waals surface area contributed by atoms with E-state index in [4.69, 9.17) is 20.4 Å². The molecular weight excluding hydrogens is 444 g/mol. The first-order chi connectivity index (χ1) is 14.5. The van der Waals surface area contributed by atoms with Crippen LogP contribution in [0.1, 0.15) is 36.6 Å². The fraction of sp³-hybridized carbons (Fsp3) is 0.300. The van der Waals surface area contributed by atoms with Gasteiger partial charge in [0, 0.05) is 11.4 Å². The molecule has 4 rings (SSSR count). The third-order valence-electron chi connectivity index (χ3n) is 4.53. The van der Waals surface area contributed by atoms with Gasteiger partial charge in [0.2, 0.25) is 5.89 Å². The normalized spacial score (nSPS) is 17.2. The molecule has 0 saturated heterocycles. The molecule has 0 radical (unpaired) electrons. The predicted octanol–water partition coefficient (Wildman–Crippen LogP) is 5.04. The molecule has 156 valence electrons. The number of benzene rings is 1. The van der Waals surface area contributed by atoms with Gasteiger partial charge in [0.1, 0.15) is 11.8 Å². The summed E-state index contributed by atoms with van der Waals surface area (Å²) < 4.78 is 11.2. The number of rotatable bonds is 7. The largest absolute Gasteiger partial charge is 0.467 e. The second-order valence-corrected chi connectivity index (χ2v) is 9.22. The summed E-state index contributed by atoms with van der Waals surface area (Å²) >= 11 is 8.82. The molecule has 3 heterocycles. The van der Waals surface area contributed by atoms with E-state index in [1.807, 2.05) is 42.7 Å². The Morgan fingerprint density at radius 1 is 1.30 bits per heavy atom. The van der Waals surface area contributed by atoms with Crippen LogP contribution < -0.4 is 0 Å². The molecule has 1 aliphatic heterocycles. The highest BCUT2D eigenvalue weighted by molar-refractivity contribution is 8.00. The van der Waals surface area contributed by atoms with Crippen LogP contribution in [0.15, 0.2) is 61.8 Å². The quantitative estimate of drug-likeness (QED) is 0.455. The van der Waals surface area contributed by atoms with E-state index >= 15 is 0 Å². The number of furan rings is 1. The van der Waals surface area contributed by atoms with Gasteiger partial charge < -0.3 is 8.83 Å². The Labute approximate surface area is 187 Å².